The van der Waals surface area contributed by atoms with E-state index in [1.807, 2.05) is 27.7 Å². The highest BCUT2D eigenvalue weighted by atomic mass is 19.1. The van der Waals surface area contributed by atoms with Crippen LogP contribution in [-0.2, 0) is 0 Å². The molecule has 2 atom stereocenters. The van der Waals surface area contributed by atoms with Crippen LogP contribution in [0.25, 0.3) is 32.8 Å². The number of pyridine rings is 2. The number of phenols is 1. The molecule has 0 aliphatic carbocycles. The quantitative estimate of drug-likeness (QED) is 0.331. The number of phenolic OH excluding ortho intramolecular Hbond substituents is 1. The summed E-state index contributed by atoms with van der Waals surface area (Å²) in [7, 11) is 0. The van der Waals surface area contributed by atoms with Crippen molar-refractivity contribution in [3.05, 3.63) is 58.9 Å². The molecule has 2 aliphatic rings. The fourth-order valence-electron chi connectivity index (χ4n) is 5.66. The maximum atomic E-state index is 16.4. The highest BCUT2D eigenvalue weighted by Crippen LogP contribution is 2.40. The zero-order valence-electron chi connectivity index (χ0n) is 21.5. The summed E-state index contributed by atoms with van der Waals surface area (Å²) in [5.74, 6) is 1.91. The van der Waals surface area contributed by atoms with Crippen molar-refractivity contribution in [1.29, 1.82) is 0 Å². The van der Waals surface area contributed by atoms with E-state index in [1.165, 1.54) is 24.3 Å². The number of nitrogens with one attached hydrogen (secondary N) is 1. The molecule has 0 spiro atoms. The Morgan fingerprint density at radius 1 is 1.08 bits per heavy atom. The molecule has 4 heterocycles. The predicted molar refractivity (Wildman–Crippen MR) is 145 cm³/mol. The van der Waals surface area contributed by atoms with Crippen molar-refractivity contribution >= 4 is 27.4 Å². The van der Waals surface area contributed by atoms with Gasteiger partial charge in [0.25, 0.3) is 0 Å². The van der Waals surface area contributed by atoms with Crippen molar-refractivity contribution in [3.63, 3.8) is 0 Å². The van der Waals surface area contributed by atoms with Gasteiger partial charge in [0.05, 0.1) is 5.56 Å². The molecule has 2 bridgehead atoms. The van der Waals surface area contributed by atoms with Gasteiger partial charge in [0.15, 0.2) is 5.82 Å². The van der Waals surface area contributed by atoms with Gasteiger partial charge in [0.1, 0.15) is 23.1 Å². The Bertz CT molecular complexity index is 1560. The average Bonchev–Trinajstić information content (AvgIpc) is 3.24. The van der Waals surface area contributed by atoms with Crippen molar-refractivity contribution in [2.24, 2.45) is 0 Å². The molecule has 5 nitrogen and oxygen atoms in total. The number of anilines is 1. The molecule has 2 aromatic carbocycles. The molecule has 6 rings (SSSR count). The van der Waals surface area contributed by atoms with Crippen LogP contribution in [0, 0.1) is 37.8 Å². The summed E-state index contributed by atoms with van der Waals surface area (Å²) in [4.78, 5) is 11.6. The van der Waals surface area contributed by atoms with Gasteiger partial charge in [-0.05, 0) is 55.8 Å². The normalized spacial score (nSPS) is 18.6. The molecule has 0 radical (unpaired) electrons. The van der Waals surface area contributed by atoms with Crippen molar-refractivity contribution in [2.45, 2.75) is 52.6 Å². The van der Waals surface area contributed by atoms with Crippen LogP contribution in [0.3, 0.4) is 0 Å². The first-order chi connectivity index (χ1) is 17.9. The number of hydrogen-bond acceptors (Lipinski definition) is 5. The van der Waals surface area contributed by atoms with Crippen molar-refractivity contribution in [1.82, 2.24) is 15.3 Å². The monoisotopic (exact) mass is 500 g/mol. The molecule has 190 valence electrons. The second-order valence-electron chi connectivity index (χ2n) is 9.56. The molecular weight excluding hydrogens is 470 g/mol. The Balaban J connectivity index is 0.00000137. The van der Waals surface area contributed by atoms with E-state index >= 15 is 4.39 Å². The number of aromatic nitrogens is 2. The summed E-state index contributed by atoms with van der Waals surface area (Å²) in [5.41, 5.74) is 1.74. The minimum absolute atomic E-state index is 0.0124. The van der Waals surface area contributed by atoms with Crippen LogP contribution >= 0.6 is 0 Å². The van der Waals surface area contributed by atoms with Gasteiger partial charge in [-0.15, -0.1) is 6.42 Å². The van der Waals surface area contributed by atoms with Gasteiger partial charge in [0, 0.05) is 58.8 Å². The van der Waals surface area contributed by atoms with E-state index in [9.17, 15) is 9.50 Å². The van der Waals surface area contributed by atoms with Gasteiger partial charge < -0.3 is 15.3 Å². The molecular formula is C30H30F2N4O. The van der Waals surface area contributed by atoms with E-state index in [0.717, 1.165) is 43.0 Å². The van der Waals surface area contributed by atoms with Gasteiger partial charge in [-0.25, -0.2) is 13.8 Å². The molecule has 2 N–H and O–H groups in total. The highest BCUT2D eigenvalue weighted by molar-refractivity contribution is 6.04. The van der Waals surface area contributed by atoms with Gasteiger partial charge in [-0.3, -0.25) is 4.98 Å². The summed E-state index contributed by atoms with van der Waals surface area (Å²) >= 11 is 0. The predicted octanol–water partition coefficient (Wildman–Crippen LogP) is 6.00. The summed E-state index contributed by atoms with van der Waals surface area (Å²) < 4.78 is 30.9. The first-order valence-corrected chi connectivity index (χ1v) is 12.7. The van der Waals surface area contributed by atoms with E-state index in [1.54, 1.807) is 6.20 Å². The fraction of sp³-hybridized carbons (Fsp3) is 0.333. The lowest BCUT2D eigenvalue weighted by Gasteiger charge is -2.34. The Morgan fingerprint density at radius 3 is 2.46 bits per heavy atom. The number of piperazine rings is 1. The lowest BCUT2D eigenvalue weighted by atomic mass is 9.94. The first kappa shape index (κ1) is 24.9. The number of aryl methyl sites for hydroxylation is 2. The standard InChI is InChI=1S/C28H24F2N4O.C2H6/c1-4-20-23(29)8-5-16-9-19(35)10-21(25(16)20)27-26(30)24-14(2)15(3)32-28(22(24)11-31-27)34-12-17-6-7-18(13-34)33-17;1-2/h1,5,8-11,17-18,33,35H,6-7,12-13H2,2-3H3;1-2H3/t17-,18?;/m0./s1. The summed E-state index contributed by atoms with van der Waals surface area (Å²) in [5, 5.41) is 15.9. The number of nitrogens with zero attached hydrogens (tertiary/aromatic N) is 3. The molecule has 2 aromatic heterocycles. The van der Waals surface area contributed by atoms with Crippen LogP contribution in [-0.4, -0.2) is 40.2 Å². The van der Waals surface area contributed by atoms with E-state index < -0.39 is 11.6 Å². The summed E-state index contributed by atoms with van der Waals surface area (Å²) in [6, 6.07) is 6.44. The Hall–Kier alpha value is -3.76. The third-order valence-corrected chi connectivity index (χ3v) is 7.42. The maximum Gasteiger partial charge on any atom is 0.157 e. The zero-order valence-corrected chi connectivity index (χ0v) is 21.5. The minimum atomic E-state index is -0.583. The Labute approximate surface area is 215 Å². The van der Waals surface area contributed by atoms with Crippen molar-refractivity contribution in [3.8, 4) is 29.4 Å². The topological polar surface area (TPSA) is 61.3 Å². The number of halogens is 2. The van der Waals surface area contributed by atoms with Gasteiger partial charge in [-0.2, -0.15) is 0 Å². The van der Waals surface area contributed by atoms with Crippen LogP contribution in [0.2, 0.25) is 0 Å². The molecule has 4 aromatic rings. The van der Waals surface area contributed by atoms with E-state index in [4.69, 9.17) is 11.4 Å². The largest absolute Gasteiger partial charge is 0.508 e. The zero-order chi connectivity index (χ0) is 26.4. The average molecular weight is 501 g/mol. The second kappa shape index (κ2) is 9.60. The van der Waals surface area contributed by atoms with Gasteiger partial charge in [0.2, 0.25) is 0 Å². The second-order valence-corrected chi connectivity index (χ2v) is 9.56. The van der Waals surface area contributed by atoms with Crippen LogP contribution in [0.15, 0.2) is 30.5 Å². The molecule has 2 saturated heterocycles. The molecule has 0 saturated carbocycles. The number of aromatic hydroxyl groups is 1. The highest BCUT2D eigenvalue weighted by Gasteiger charge is 2.34. The van der Waals surface area contributed by atoms with E-state index in [0.29, 0.717) is 33.6 Å². The van der Waals surface area contributed by atoms with Crippen molar-refractivity contribution < 1.29 is 13.9 Å². The number of hydrogen-bond donors (Lipinski definition) is 2. The fourth-order valence-corrected chi connectivity index (χ4v) is 5.66. The van der Waals surface area contributed by atoms with E-state index in [-0.39, 0.29) is 22.6 Å². The molecule has 7 heteroatoms. The molecule has 1 unspecified atom stereocenters. The van der Waals surface area contributed by atoms with E-state index in [2.05, 4.69) is 21.1 Å². The Morgan fingerprint density at radius 2 is 1.78 bits per heavy atom. The van der Waals surface area contributed by atoms with Gasteiger partial charge in [-0.1, -0.05) is 25.8 Å². The molecule has 0 amide bonds. The van der Waals surface area contributed by atoms with Crippen LogP contribution in [0.1, 0.15) is 43.5 Å². The molecule has 37 heavy (non-hydrogen) atoms. The number of terminal acetylenes is 1. The molecule has 2 aliphatic heterocycles. The van der Waals surface area contributed by atoms with Crippen molar-refractivity contribution in [2.75, 3.05) is 18.0 Å². The summed E-state index contributed by atoms with van der Waals surface area (Å²) in [6.07, 6.45) is 9.50. The van der Waals surface area contributed by atoms with Crippen LogP contribution < -0.4 is 10.2 Å². The molecule has 2 fully saturated rings. The lowest BCUT2D eigenvalue weighted by molar-refractivity contribution is 0.464. The lowest BCUT2D eigenvalue weighted by Crippen LogP contribution is -2.51. The third-order valence-electron chi connectivity index (χ3n) is 7.42. The minimum Gasteiger partial charge on any atom is -0.508 e. The first-order valence-electron chi connectivity index (χ1n) is 12.7. The number of benzene rings is 2. The summed E-state index contributed by atoms with van der Waals surface area (Å²) in [6.45, 7) is 9.35. The Kier molecular flexibility index (Phi) is 6.47. The number of rotatable bonds is 2. The van der Waals surface area contributed by atoms with Gasteiger partial charge >= 0.3 is 0 Å². The number of fused-ring (bicyclic) bond motifs is 4. The third kappa shape index (κ3) is 4.06. The van der Waals surface area contributed by atoms with Crippen LogP contribution in [0.4, 0.5) is 14.6 Å². The SMILES string of the molecule is C#Cc1c(F)ccc2cc(O)cc(-c3ncc4c(N5CC6CC[C@@H](C5)N6)nc(C)c(C)c4c3F)c12.CC. The smallest absolute Gasteiger partial charge is 0.157 e. The van der Waals surface area contributed by atoms with Crippen LogP contribution in [0.5, 0.6) is 5.75 Å². The maximum absolute atomic E-state index is 16.4.